The zero-order valence-electron chi connectivity index (χ0n) is 7.62. The Kier molecular flexibility index (Phi) is 3.07. The summed E-state index contributed by atoms with van der Waals surface area (Å²) in [5.74, 6) is 0.509. The summed E-state index contributed by atoms with van der Waals surface area (Å²) in [5, 5.41) is 1.85. The second-order valence-electron chi connectivity index (χ2n) is 2.57. The van der Waals surface area contributed by atoms with Crippen molar-refractivity contribution >= 4 is 17.6 Å². The molecule has 0 bridgehead atoms. The second-order valence-corrected chi connectivity index (χ2v) is 2.57. The molecule has 2 nitrogen and oxygen atoms in total. The molecule has 0 spiro atoms. The first-order valence-electron chi connectivity index (χ1n) is 4.02. The summed E-state index contributed by atoms with van der Waals surface area (Å²) in [6.07, 6.45) is 7.50. The summed E-state index contributed by atoms with van der Waals surface area (Å²) in [5.41, 5.74) is 8.35. The van der Waals surface area contributed by atoms with Crippen molar-refractivity contribution in [3.63, 3.8) is 0 Å². The first-order chi connectivity index (χ1) is 6.27. The number of nitrogens with two attached hydrogens (primary N) is 1. The van der Waals surface area contributed by atoms with Crippen LogP contribution in [0, 0.1) is 0 Å². The molecule has 2 heteroatoms. The molecule has 1 rings (SSSR count). The van der Waals surface area contributed by atoms with Gasteiger partial charge < -0.3 is 5.73 Å². The molecule has 0 aliphatic carbocycles. The monoisotopic (exact) mass is 172 g/mol. The standard InChI is InChI=1S/C11H12N2/c1-3-5-6-10-7-11(12)13-8-9(10)4-2/h3,5-8H,2,12H2,1H3/b5-3-,10-6-. The lowest BCUT2D eigenvalue weighted by Gasteiger charge is -1.90. The van der Waals surface area contributed by atoms with Gasteiger partial charge in [-0.3, -0.25) is 0 Å². The van der Waals surface area contributed by atoms with Gasteiger partial charge in [-0.2, -0.15) is 0 Å². The van der Waals surface area contributed by atoms with E-state index in [1.54, 1.807) is 12.3 Å². The Labute approximate surface area is 77.4 Å². The Balaban J connectivity index is 3.51. The Hall–Kier alpha value is -1.79. The average molecular weight is 172 g/mol. The van der Waals surface area contributed by atoms with Crippen molar-refractivity contribution in [3.05, 3.63) is 41.4 Å². The first kappa shape index (κ1) is 9.30. The summed E-state index contributed by atoms with van der Waals surface area (Å²) in [6.45, 7) is 5.54. The minimum absolute atomic E-state index is 0.509. The van der Waals surface area contributed by atoms with Crippen LogP contribution in [-0.2, 0) is 0 Å². The molecule has 13 heavy (non-hydrogen) atoms. The van der Waals surface area contributed by atoms with Crippen LogP contribution in [0.5, 0.6) is 0 Å². The zero-order chi connectivity index (χ0) is 9.68. The van der Waals surface area contributed by atoms with Gasteiger partial charge in [0.05, 0.1) is 0 Å². The predicted molar refractivity (Wildman–Crippen MR) is 56.2 cm³/mol. The molecule has 0 aliphatic rings. The molecule has 1 aromatic rings. The number of hydrogen-bond acceptors (Lipinski definition) is 2. The second kappa shape index (κ2) is 4.29. The molecular formula is C11H12N2. The van der Waals surface area contributed by atoms with Crippen LogP contribution >= 0.6 is 0 Å². The smallest absolute Gasteiger partial charge is 0.123 e. The van der Waals surface area contributed by atoms with Crippen LogP contribution in [0.15, 0.2) is 31.0 Å². The third kappa shape index (κ3) is 2.32. The van der Waals surface area contributed by atoms with Gasteiger partial charge in [0.25, 0.3) is 0 Å². The number of anilines is 1. The largest absolute Gasteiger partial charge is 0.384 e. The van der Waals surface area contributed by atoms with E-state index in [1.165, 1.54) is 0 Å². The van der Waals surface area contributed by atoms with Crippen LogP contribution in [-0.4, -0.2) is 4.98 Å². The minimum Gasteiger partial charge on any atom is -0.384 e. The highest BCUT2D eigenvalue weighted by molar-refractivity contribution is 5.41. The van der Waals surface area contributed by atoms with E-state index in [0.29, 0.717) is 5.82 Å². The highest BCUT2D eigenvalue weighted by Crippen LogP contribution is 1.83. The zero-order valence-corrected chi connectivity index (χ0v) is 7.62. The third-order valence-corrected chi connectivity index (χ3v) is 1.62. The van der Waals surface area contributed by atoms with Crippen molar-refractivity contribution in [2.75, 3.05) is 5.73 Å². The van der Waals surface area contributed by atoms with Crippen LogP contribution in [0.1, 0.15) is 6.92 Å². The third-order valence-electron chi connectivity index (χ3n) is 1.62. The number of hydrogen-bond donors (Lipinski definition) is 1. The molecule has 0 aliphatic heterocycles. The summed E-state index contributed by atoms with van der Waals surface area (Å²) >= 11 is 0. The highest BCUT2D eigenvalue weighted by Gasteiger charge is 1.86. The van der Waals surface area contributed by atoms with E-state index in [9.17, 15) is 0 Å². The molecule has 0 amide bonds. The molecule has 0 saturated carbocycles. The highest BCUT2D eigenvalue weighted by atomic mass is 14.8. The number of nitrogen functional groups attached to an aromatic ring is 1. The molecule has 0 unspecified atom stereocenters. The average Bonchev–Trinajstić information content (AvgIpc) is 2.15. The normalized spacial score (nSPS) is 11.9. The quantitative estimate of drug-likeness (QED) is 0.673. The van der Waals surface area contributed by atoms with E-state index in [4.69, 9.17) is 5.73 Å². The molecule has 2 N–H and O–H groups in total. The number of aromatic nitrogens is 1. The molecule has 1 heterocycles. The molecule has 0 saturated heterocycles. The van der Waals surface area contributed by atoms with E-state index in [1.807, 2.05) is 25.2 Å². The van der Waals surface area contributed by atoms with Crippen molar-refractivity contribution in [3.8, 4) is 0 Å². The SMILES string of the molecule is C=C=c1cnc(N)c/c1=C/C=C\C. The topological polar surface area (TPSA) is 38.9 Å². The van der Waals surface area contributed by atoms with Gasteiger partial charge in [0.15, 0.2) is 0 Å². The van der Waals surface area contributed by atoms with E-state index in [2.05, 4.69) is 17.3 Å². The molecule has 0 aromatic carbocycles. The maximum atomic E-state index is 5.55. The van der Waals surface area contributed by atoms with Crippen LogP contribution in [0.2, 0.25) is 0 Å². The molecule has 0 radical (unpaired) electrons. The van der Waals surface area contributed by atoms with Gasteiger partial charge in [0, 0.05) is 11.4 Å². The Bertz CT molecular complexity index is 451. The van der Waals surface area contributed by atoms with Crippen LogP contribution < -0.4 is 16.2 Å². The van der Waals surface area contributed by atoms with Gasteiger partial charge in [-0.05, 0) is 18.2 Å². The summed E-state index contributed by atoms with van der Waals surface area (Å²) in [6, 6.07) is 1.80. The summed E-state index contributed by atoms with van der Waals surface area (Å²) in [4.78, 5) is 3.95. The lowest BCUT2D eigenvalue weighted by Crippen LogP contribution is -2.24. The summed E-state index contributed by atoms with van der Waals surface area (Å²) < 4.78 is 0. The van der Waals surface area contributed by atoms with E-state index >= 15 is 0 Å². The lowest BCUT2D eigenvalue weighted by atomic mass is 10.3. The van der Waals surface area contributed by atoms with Crippen LogP contribution in [0.3, 0.4) is 0 Å². The Morgan fingerprint density at radius 3 is 3.00 bits per heavy atom. The Morgan fingerprint density at radius 1 is 1.62 bits per heavy atom. The minimum atomic E-state index is 0.509. The molecule has 66 valence electrons. The molecule has 1 aromatic heterocycles. The van der Waals surface area contributed by atoms with E-state index in [-0.39, 0.29) is 0 Å². The number of nitrogens with zero attached hydrogens (tertiary/aromatic N) is 1. The van der Waals surface area contributed by atoms with Gasteiger partial charge >= 0.3 is 0 Å². The maximum Gasteiger partial charge on any atom is 0.123 e. The molecular weight excluding hydrogens is 160 g/mol. The summed E-state index contributed by atoms with van der Waals surface area (Å²) in [7, 11) is 0. The van der Waals surface area contributed by atoms with E-state index < -0.39 is 0 Å². The van der Waals surface area contributed by atoms with Crippen molar-refractivity contribution in [2.45, 2.75) is 6.92 Å². The van der Waals surface area contributed by atoms with Gasteiger partial charge in [-0.25, -0.2) is 4.98 Å². The first-order valence-corrected chi connectivity index (χ1v) is 4.02. The molecule has 0 atom stereocenters. The number of rotatable bonds is 1. The number of pyridine rings is 1. The van der Waals surface area contributed by atoms with E-state index in [0.717, 1.165) is 10.4 Å². The molecule has 0 fully saturated rings. The van der Waals surface area contributed by atoms with Gasteiger partial charge in [-0.1, -0.05) is 24.8 Å². The fourth-order valence-electron chi connectivity index (χ4n) is 0.973. The lowest BCUT2D eigenvalue weighted by molar-refractivity contribution is 1.29. The fourth-order valence-corrected chi connectivity index (χ4v) is 0.973. The van der Waals surface area contributed by atoms with Crippen molar-refractivity contribution in [1.82, 2.24) is 4.98 Å². The van der Waals surface area contributed by atoms with Crippen LogP contribution in [0.25, 0.3) is 11.8 Å². The van der Waals surface area contributed by atoms with Crippen LogP contribution in [0.4, 0.5) is 5.82 Å². The van der Waals surface area contributed by atoms with Gasteiger partial charge in [-0.15, -0.1) is 5.73 Å². The van der Waals surface area contributed by atoms with Crippen molar-refractivity contribution in [2.24, 2.45) is 0 Å². The fraction of sp³-hybridized carbons (Fsp3) is 0.0909. The van der Waals surface area contributed by atoms with Crippen molar-refractivity contribution < 1.29 is 0 Å². The maximum absolute atomic E-state index is 5.55. The number of allylic oxidation sites excluding steroid dienone is 2. The predicted octanol–water partition coefficient (Wildman–Crippen LogP) is 0.586. The van der Waals surface area contributed by atoms with Crippen molar-refractivity contribution in [1.29, 1.82) is 0 Å². The Morgan fingerprint density at radius 2 is 2.38 bits per heavy atom. The van der Waals surface area contributed by atoms with Gasteiger partial charge in [0.1, 0.15) is 5.82 Å². The van der Waals surface area contributed by atoms with Gasteiger partial charge in [0.2, 0.25) is 0 Å².